The second-order valence-corrected chi connectivity index (χ2v) is 9.38. The number of thioether (sulfide) groups is 1. The number of carbonyl (C=O) groups excluding carboxylic acids is 1. The average Bonchev–Trinajstić information content (AvgIpc) is 3.04. The standard InChI is InChI=1S/C19H19ClF2N2O2S2/c1-19(26-14-7-6-12(21)10-13(14)22)8-3-9-27-15(19)4-2-5-17(25)24-18-23-11-16(20)28-18/h3,6-7,9-11,15H,2,4-5,8H2,1H3,(H,23,24,25). The van der Waals surface area contributed by atoms with Crippen molar-refractivity contribution < 1.29 is 18.3 Å². The van der Waals surface area contributed by atoms with E-state index in [0.717, 1.165) is 6.07 Å². The number of amides is 1. The molecule has 1 N–H and O–H groups in total. The Bertz CT molecular complexity index is 877. The lowest BCUT2D eigenvalue weighted by atomic mass is 9.93. The van der Waals surface area contributed by atoms with E-state index in [2.05, 4.69) is 10.3 Å². The lowest BCUT2D eigenvalue weighted by Crippen LogP contribution is -2.44. The molecule has 0 saturated heterocycles. The van der Waals surface area contributed by atoms with E-state index in [1.54, 1.807) is 11.8 Å². The summed E-state index contributed by atoms with van der Waals surface area (Å²) in [5.74, 6) is -1.46. The fourth-order valence-corrected chi connectivity index (χ4v) is 4.90. The van der Waals surface area contributed by atoms with Crippen molar-refractivity contribution in [2.45, 2.75) is 43.5 Å². The van der Waals surface area contributed by atoms with Gasteiger partial charge in [0.2, 0.25) is 5.91 Å². The summed E-state index contributed by atoms with van der Waals surface area (Å²) in [6.45, 7) is 1.91. The van der Waals surface area contributed by atoms with Gasteiger partial charge in [-0.15, -0.1) is 11.8 Å². The first kappa shape index (κ1) is 21.1. The van der Waals surface area contributed by atoms with Crippen molar-refractivity contribution in [3.63, 3.8) is 0 Å². The molecule has 2 aromatic rings. The fraction of sp³-hybridized carbons (Fsp3) is 0.368. The number of anilines is 1. The lowest BCUT2D eigenvalue weighted by molar-refractivity contribution is -0.116. The fourth-order valence-electron chi connectivity index (χ4n) is 2.94. The van der Waals surface area contributed by atoms with E-state index in [1.807, 2.05) is 18.4 Å². The van der Waals surface area contributed by atoms with Gasteiger partial charge in [-0.3, -0.25) is 4.79 Å². The summed E-state index contributed by atoms with van der Waals surface area (Å²) in [6.07, 6.45) is 5.75. The molecule has 0 spiro atoms. The summed E-state index contributed by atoms with van der Waals surface area (Å²) in [5.41, 5.74) is -0.655. The maximum atomic E-state index is 14.0. The number of halogens is 3. The highest BCUT2D eigenvalue weighted by Gasteiger charge is 2.38. The number of hydrogen-bond acceptors (Lipinski definition) is 5. The van der Waals surface area contributed by atoms with E-state index in [4.69, 9.17) is 16.3 Å². The first-order valence-electron chi connectivity index (χ1n) is 8.71. The van der Waals surface area contributed by atoms with E-state index in [9.17, 15) is 13.6 Å². The number of ether oxygens (including phenoxy) is 1. The Labute approximate surface area is 175 Å². The number of benzene rings is 1. The Morgan fingerprint density at radius 2 is 2.29 bits per heavy atom. The second-order valence-electron chi connectivity index (χ2n) is 6.60. The van der Waals surface area contributed by atoms with E-state index < -0.39 is 17.2 Å². The number of thiazole rings is 1. The molecule has 9 heteroatoms. The summed E-state index contributed by atoms with van der Waals surface area (Å²) in [5, 5.41) is 5.22. The van der Waals surface area contributed by atoms with Crippen LogP contribution in [-0.2, 0) is 4.79 Å². The SMILES string of the molecule is CC1(Oc2ccc(F)cc2F)CC=CSC1CCCC(=O)Nc1ncc(Cl)s1. The zero-order valence-electron chi connectivity index (χ0n) is 15.1. The van der Waals surface area contributed by atoms with Gasteiger partial charge in [0.15, 0.2) is 16.7 Å². The minimum Gasteiger partial charge on any atom is -0.483 e. The van der Waals surface area contributed by atoms with Crippen molar-refractivity contribution >= 4 is 45.7 Å². The van der Waals surface area contributed by atoms with Gasteiger partial charge in [0.1, 0.15) is 15.8 Å². The van der Waals surface area contributed by atoms with E-state index in [0.29, 0.717) is 35.2 Å². The molecule has 3 rings (SSSR count). The van der Waals surface area contributed by atoms with Gasteiger partial charge in [0.25, 0.3) is 0 Å². The third kappa shape index (κ3) is 5.46. The number of carbonyl (C=O) groups is 1. The average molecular weight is 445 g/mol. The van der Waals surface area contributed by atoms with Gasteiger partial charge in [-0.05, 0) is 37.3 Å². The van der Waals surface area contributed by atoms with Crippen molar-refractivity contribution in [3.05, 3.63) is 51.9 Å². The molecule has 0 fully saturated rings. The third-order valence-corrected chi connectivity index (χ3v) is 6.82. The first-order chi connectivity index (χ1) is 13.4. The molecule has 0 radical (unpaired) electrons. The maximum absolute atomic E-state index is 14.0. The van der Waals surface area contributed by atoms with Crippen LogP contribution < -0.4 is 10.1 Å². The zero-order valence-corrected chi connectivity index (χ0v) is 17.5. The molecular formula is C19H19ClF2N2O2S2. The van der Waals surface area contributed by atoms with Gasteiger partial charge in [0.05, 0.1) is 6.20 Å². The quantitative estimate of drug-likeness (QED) is 0.565. The van der Waals surface area contributed by atoms with Gasteiger partial charge in [-0.1, -0.05) is 29.0 Å². The number of nitrogens with one attached hydrogen (secondary N) is 1. The van der Waals surface area contributed by atoms with Crippen molar-refractivity contribution in [1.29, 1.82) is 0 Å². The molecule has 1 amide bonds. The molecule has 1 aliphatic heterocycles. The molecule has 150 valence electrons. The van der Waals surface area contributed by atoms with Crippen LogP contribution in [0.4, 0.5) is 13.9 Å². The molecule has 2 atom stereocenters. The monoisotopic (exact) mass is 444 g/mol. The smallest absolute Gasteiger partial charge is 0.226 e. The van der Waals surface area contributed by atoms with Crippen molar-refractivity contribution in [3.8, 4) is 5.75 Å². The number of aromatic nitrogens is 1. The topological polar surface area (TPSA) is 51.2 Å². The first-order valence-corrected chi connectivity index (χ1v) is 10.9. The Morgan fingerprint density at radius 1 is 1.46 bits per heavy atom. The Kier molecular flexibility index (Phi) is 6.95. The van der Waals surface area contributed by atoms with Crippen LogP contribution in [0.3, 0.4) is 0 Å². The van der Waals surface area contributed by atoms with E-state index >= 15 is 0 Å². The molecule has 1 aliphatic rings. The van der Waals surface area contributed by atoms with Crippen molar-refractivity contribution in [1.82, 2.24) is 4.98 Å². The van der Waals surface area contributed by atoms with E-state index in [1.165, 1.54) is 29.7 Å². The molecule has 2 unspecified atom stereocenters. The lowest BCUT2D eigenvalue weighted by Gasteiger charge is -2.39. The zero-order chi connectivity index (χ0) is 20.1. The van der Waals surface area contributed by atoms with Crippen LogP contribution in [0.1, 0.15) is 32.6 Å². The third-order valence-electron chi connectivity index (χ3n) is 4.37. The molecule has 1 aromatic heterocycles. The highest BCUT2D eigenvalue weighted by atomic mass is 35.5. The molecule has 4 nitrogen and oxygen atoms in total. The largest absolute Gasteiger partial charge is 0.483 e. The molecular weight excluding hydrogens is 426 g/mol. The Hall–Kier alpha value is -1.64. The molecule has 28 heavy (non-hydrogen) atoms. The summed E-state index contributed by atoms with van der Waals surface area (Å²) in [7, 11) is 0. The van der Waals surface area contributed by atoms with Gasteiger partial charge >= 0.3 is 0 Å². The summed E-state index contributed by atoms with van der Waals surface area (Å²) < 4.78 is 33.6. The van der Waals surface area contributed by atoms with Crippen LogP contribution in [0.25, 0.3) is 0 Å². The predicted octanol–water partition coefficient (Wildman–Crippen LogP) is 6.04. The summed E-state index contributed by atoms with van der Waals surface area (Å²) >= 11 is 8.61. The second kappa shape index (κ2) is 9.24. The molecule has 0 bridgehead atoms. The Morgan fingerprint density at radius 3 is 3.00 bits per heavy atom. The molecule has 0 saturated carbocycles. The normalized spacial score (nSPS) is 21.5. The van der Waals surface area contributed by atoms with Crippen LogP contribution in [-0.4, -0.2) is 21.7 Å². The minimum atomic E-state index is -0.721. The number of rotatable bonds is 7. The highest BCUT2D eigenvalue weighted by molar-refractivity contribution is 8.02. The van der Waals surface area contributed by atoms with Gasteiger partial charge < -0.3 is 10.1 Å². The van der Waals surface area contributed by atoms with Gasteiger partial charge in [0, 0.05) is 24.2 Å². The summed E-state index contributed by atoms with van der Waals surface area (Å²) in [4.78, 5) is 16.1. The van der Waals surface area contributed by atoms with Crippen LogP contribution in [0.5, 0.6) is 5.75 Å². The maximum Gasteiger partial charge on any atom is 0.226 e. The number of nitrogens with zero attached hydrogens (tertiary/aromatic N) is 1. The minimum absolute atomic E-state index is 0.0307. The van der Waals surface area contributed by atoms with Crippen LogP contribution >= 0.6 is 34.7 Å². The van der Waals surface area contributed by atoms with Crippen LogP contribution in [0, 0.1) is 11.6 Å². The van der Waals surface area contributed by atoms with E-state index in [-0.39, 0.29) is 16.9 Å². The van der Waals surface area contributed by atoms with Crippen LogP contribution in [0.15, 0.2) is 35.9 Å². The predicted molar refractivity (Wildman–Crippen MR) is 110 cm³/mol. The highest BCUT2D eigenvalue weighted by Crippen LogP contribution is 2.39. The molecule has 0 aliphatic carbocycles. The summed E-state index contributed by atoms with van der Waals surface area (Å²) in [6, 6.07) is 3.30. The van der Waals surface area contributed by atoms with Gasteiger partial charge in [-0.25, -0.2) is 13.8 Å². The van der Waals surface area contributed by atoms with Gasteiger partial charge in [-0.2, -0.15) is 0 Å². The van der Waals surface area contributed by atoms with Crippen molar-refractivity contribution in [2.24, 2.45) is 0 Å². The molecule has 2 heterocycles. The molecule has 1 aromatic carbocycles. The van der Waals surface area contributed by atoms with Crippen molar-refractivity contribution in [2.75, 3.05) is 5.32 Å². The number of hydrogen-bond donors (Lipinski definition) is 1. The Balaban J connectivity index is 1.56. The van der Waals surface area contributed by atoms with Crippen LogP contribution in [0.2, 0.25) is 4.34 Å².